The fourth-order valence-corrected chi connectivity index (χ4v) is 1.68. The highest BCUT2D eigenvalue weighted by Gasteiger charge is 2.10. The Balaban J connectivity index is 2.27. The Morgan fingerprint density at radius 2 is 2.12 bits per heavy atom. The molecule has 1 aliphatic heterocycles. The molecular weight excluding hydrogens is 280 g/mol. The number of para-hydroxylation sites is 1. The molecular formula is C13H13BrN2O. The lowest BCUT2D eigenvalue weighted by atomic mass is 10.2. The highest BCUT2D eigenvalue weighted by Crippen LogP contribution is 2.20. The third kappa shape index (κ3) is 2.97. The summed E-state index contributed by atoms with van der Waals surface area (Å²) in [5.41, 5.74) is 7.50. The average molecular weight is 293 g/mol. The summed E-state index contributed by atoms with van der Waals surface area (Å²) in [6.45, 7) is 1.98. The van der Waals surface area contributed by atoms with Gasteiger partial charge >= 0.3 is 0 Å². The average Bonchev–Trinajstić information content (AvgIpc) is 2.47. The molecule has 1 aromatic rings. The molecule has 0 saturated heterocycles. The first kappa shape index (κ1) is 11.9. The van der Waals surface area contributed by atoms with Gasteiger partial charge in [0.15, 0.2) is 0 Å². The van der Waals surface area contributed by atoms with Gasteiger partial charge < -0.3 is 10.5 Å². The molecule has 1 aliphatic rings. The van der Waals surface area contributed by atoms with Gasteiger partial charge in [0.2, 0.25) is 5.90 Å². The predicted molar refractivity (Wildman–Crippen MR) is 73.1 cm³/mol. The van der Waals surface area contributed by atoms with Gasteiger partial charge in [-0.3, -0.25) is 0 Å². The van der Waals surface area contributed by atoms with Gasteiger partial charge in [0.25, 0.3) is 0 Å². The number of halogens is 1. The molecule has 0 spiro atoms. The predicted octanol–water partition coefficient (Wildman–Crippen LogP) is 3.25. The van der Waals surface area contributed by atoms with E-state index in [1.165, 1.54) is 0 Å². The molecule has 0 fully saturated rings. The van der Waals surface area contributed by atoms with Gasteiger partial charge in [-0.25, -0.2) is 4.99 Å². The van der Waals surface area contributed by atoms with Gasteiger partial charge in [-0.15, -0.1) is 0 Å². The number of aliphatic imine (C=N–C) groups is 1. The van der Waals surface area contributed by atoms with Crippen LogP contribution in [0.25, 0.3) is 0 Å². The van der Waals surface area contributed by atoms with Crippen LogP contribution in [0, 0.1) is 6.92 Å². The van der Waals surface area contributed by atoms with Crippen LogP contribution in [0.3, 0.4) is 0 Å². The summed E-state index contributed by atoms with van der Waals surface area (Å²) < 4.78 is 6.69. The SMILES string of the molecule is Cc1ccccc1OC1=NC=C(Br)CC=C1N. The number of hydrogen-bond donors (Lipinski definition) is 1. The van der Waals surface area contributed by atoms with E-state index in [0.717, 1.165) is 22.2 Å². The third-order valence-corrected chi connectivity index (χ3v) is 2.91. The molecule has 0 bridgehead atoms. The summed E-state index contributed by atoms with van der Waals surface area (Å²) in [7, 11) is 0. The zero-order chi connectivity index (χ0) is 12.3. The van der Waals surface area contributed by atoms with Gasteiger partial charge in [0.05, 0.1) is 5.70 Å². The van der Waals surface area contributed by atoms with Gasteiger partial charge in [0, 0.05) is 17.1 Å². The number of allylic oxidation sites excluding steroid dienone is 2. The van der Waals surface area contributed by atoms with Gasteiger partial charge in [-0.05, 0) is 18.6 Å². The van der Waals surface area contributed by atoms with E-state index in [0.29, 0.717) is 11.6 Å². The monoisotopic (exact) mass is 292 g/mol. The molecule has 0 saturated carbocycles. The van der Waals surface area contributed by atoms with Crippen LogP contribution in [0.1, 0.15) is 12.0 Å². The van der Waals surface area contributed by atoms with Crippen LogP contribution in [0.5, 0.6) is 5.75 Å². The van der Waals surface area contributed by atoms with Crippen molar-refractivity contribution >= 4 is 21.8 Å². The molecule has 2 rings (SSSR count). The van der Waals surface area contributed by atoms with E-state index >= 15 is 0 Å². The van der Waals surface area contributed by atoms with Crippen molar-refractivity contribution in [3.8, 4) is 5.75 Å². The standard InChI is InChI=1S/C13H13BrN2O/c1-9-4-2-3-5-12(9)17-13-11(15)7-6-10(14)8-16-13/h2-5,7-8H,6,15H2,1H3. The highest BCUT2D eigenvalue weighted by molar-refractivity contribution is 9.11. The molecule has 0 aliphatic carbocycles. The molecule has 0 amide bonds. The number of benzene rings is 1. The first-order valence-electron chi connectivity index (χ1n) is 5.28. The van der Waals surface area contributed by atoms with Crippen molar-refractivity contribution in [1.29, 1.82) is 0 Å². The van der Waals surface area contributed by atoms with E-state index in [1.54, 1.807) is 6.20 Å². The Labute approximate surface area is 109 Å². The number of ether oxygens (including phenoxy) is 1. The van der Waals surface area contributed by atoms with Crippen molar-refractivity contribution in [2.45, 2.75) is 13.3 Å². The Morgan fingerprint density at radius 3 is 2.88 bits per heavy atom. The van der Waals surface area contributed by atoms with Crippen LogP contribution in [0.15, 0.2) is 51.7 Å². The van der Waals surface area contributed by atoms with Crippen molar-refractivity contribution in [3.05, 3.63) is 52.3 Å². The normalized spacial score (nSPS) is 15.5. The summed E-state index contributed by atoms with van der Waals surface area (Å²) in [5.74, 6) is 1.21. The summed E-state index contributed by atoms with van der Waals surface area (Å²) >= 11 is 3.39. The minimum atomic E-state index is 0.439. The Morgan fingerprint density at radius 1 is 1.35 bits per heavy atom. The van der Waals surface area contributed by atoms with Crippen LogP contribution in [0.4, 0.5) is 0 Å². The smallest absolute Gasteiger partial charge is 0.242 e. The third-order valence-electron chi connectivity index (χ3n) is 2.39. The van der Waals surface area contributed by atoms with Crippen molar-refractivity contribution in [3.63, 3.8) is 0 Å². The highest BCUT2D eigenvalue weighted by atomic mass is 79.9. The molecule has 0 radical (unpaired) electrons. The van der Waals surface area contributed by atoms with Crippen LogP contribution in [-0.4, -0.2) is 5.90 Å². The van der Waals surface area contributed by atoms with Crippen LogP contribution in [-0.2, 0) is 0 Å². The Bertz CT molecular complexity index is 518. The van der Waals surface area contributed by atoms with Crippen molar-refractivity contribution < 1.29 is 4.74 Å². The maximum atomic E-state index is 5.89. The van der Waals surface area contributed by atoms with Gasteiger partial charge in [0.1, 0.15) is 5.75 Å². The molecule has 1 heterocycles. The van der Waals surface area contributed by atoms with Gasteiger partial charge in [-0.1, -0.05) is 40.2 Å². The van der Waals surface area contributed by atoms with Crippen LogP contribution < -0.4 is 10.5 Å². The Kier molecular flexibility index (Phi) is 3.64. The summed E-state index contributed by atoms with van der Waals surface area (Å²) in [4.78, 5) is 4.21. The maximum Gasteiger partial charge on any atom is 0.242 e. The zero-order valence-electron chi connectivity index (χ0n) is 9.48. The topological polar surface area (TPSA) is 47.6 Å². The number of aryl methyl sites for hydroxylation is 1. The molecule has 88 valence electrons. The molecule has 0 atom stereocenters. The van der Waals surface area contributed by atoms with E-state index in [9.17, 15) is 0 Å². The van der Waals surface area contributed by atoms with Crippen LogP contribution in [0.2, 0.25) is 0 Å². The second-order valence-corrected chi connectivity index (χ2v) is 4.76. The number of nitrogens with two attached hydrogens (primary N) is 1. The van der Waals surface area contributed by atoms with Crippen molar-refractivity contribution in [1.82, 2.24) is 0 Å². The van der Waals surface area contributed by atoms with E-state index in [2.05, 4.69) is 20.9 Å². The fraction of sp³-hybridized carbons (Fsp3) is 0.154. The maximum absolute atomic E-state index is 5.89. The largest absolute Gasteiger partial charge is 0.437 e. The second kappa shape index (κ2) is 5.19. The lowest BCUT2D eigenvalue weighted by Crippen LogP contribution is -2.17. The number of nitrogens with zero attached hydrogens (tertiary/aromatic N) is 1. The van der Waals surface area contributed by atoms with Crippen molar-refractivity contribution in [2.24, 2.45) is 10.7 Å². The summed E-state index contributed by atoms with van der Waals surface area (Å²) in [6.07, 6.45) is 4.32. The molecule has 0 unspecified atom stereocenters. The molecule has 1 aromatic carbocycles. The van der Waals surface area contributed by atoms with E-state index in [4.69, 9.17) is 10.5 Å². The molecule has 17 heavy (non-hydrogen) atoms. The fourth-order valence-electron chi connectivity index (χ4n) is 1.41. The molecule has 4 heteroatoms. The molecule has 2 N–H and O–H groups in total. The molecule has 0 aromatic heterocycles. The number of rotatable bonds is 1. The van der Waals surface area contributed by atoms with E-state index in [-0.39, 0.29) is 0 Å². The minimum absolute atomic E-state index is 0.439. The van der Waals surface area contributed by atoms with E-state index < -0.39 is 0 Å². The van der Waals surface area contributed by atoms with Crippen LogP contribution >= 0.6 is 15.9 Å². The lowest BCUT2D eigenvalue weighted by molar-refractivity contribution is 0.545. The zero-order valence-corrected chi connectivity index (χ0v) is 11.1. The minimum Gasteiger partial charge on any atom is -0.437 e. The summed E-state index contributed by atoms with van der Waals surface area (Å²) in [6, 6.07) is 7.77. The molecule has 3 nitrogen and oxygen atoms in total. The van der Waals surface area contributed by atoms with Gasteiger partial charge in [-0.2, -0.15) is 0 Å². The van der Waals surface area contributed by atoms with E-state index in [1.807, 2.05) is 37.3 Å². The Hall–Kier alpha value is -1.55. The summed E-state index contributed by atoms with van der Waals surface area (Å²) in [5, 5.41) is 0. The first-order valence-corrected chi connectivity index (χ1v) is 6.08. The first-order chi connectivity index (χ1) is 8.16. The quantitative estimate of drug-likeness (QED) is 0.864. The van der Waals surface area contributed by atoms with Crippen molar-refractivity contribution in [2.75, 3.05) is 0 Å². The second-order valence-electron chi connectivity index (χ2n) is 3.74. The lowest BCUT2D eigenvalue weighted by Gasteiger charge is -2.09. The number of hydrogen-bond acceptors (Lipinski definition) is 3.